The highest BCUT2D eigenvalue weighted by molar-refractivity contribution is 5.41. The lowest BCUT2D eigenvalue weighted by Crippen LogP contribution is -2.54. The highest BCUT2D eigenvalue weighted by atomic mass is 19.4. The number of fused-ring (bicyclic) bond motifs is 5. The fraction of sp³-hybridized carbons (Fsp3) is 0.824. The summed E-state index contributed by atoms with van der Waals surface area (Å²) in [5, 5.41) is 21.4. The molecule has 2 saturated carbocycles. The highest BCUT2D eigenvalue weighted by Gasteiger charge is 2.63. The Morgan fingerprint density at radius 3 is 2.23 bits per heavy atom. The lowest BCUT2D eigenvalue weighted by Gasteiger charge is -2.56. The van der Waals surface area contributed by atoms with Crippen LogP contribution in [0.15, 0.2) is 18.2 Å². The molecule has 3 nitrogen and oxygen atoms in total. The van der Waals surface area contributed by atoms with Gasteiger partial charge in [0.05, 0.1) is 5.60 Å². The molecule has 2 N–H and O–H groups in total. The number of alkyl halides is 6. The fourth-order valence-electron chi connectivity index (χ4n) is 8.76. The van der Waals surface area contributed by atoms with Gasteiger partial charge in [-0.3, -0.25) is 0 Å². The first-order chi connectivity index (χ1) is 20.1. The van der Waals surface area contributed by atoms with Crippen LogP contribution in [0.2, 0.25) is 0 Å². The number of phenolic OH excluding ortho intramolecular Hbond substituents is 1. The van der Waals surface area contributed by atoms with Crippen LogP contribution in [0.5, 0.6) is 5.75 Å². The Bertz CT molecular complexity index is 1060. The first kappa shape index (κ1) is 34.4. The average molecular weight is 620 g/mol. The second-order valence-electron chi connectivity index (χ2n) is 14.4. The van der Waals surface area contributed by atoms with Gasteiger partial charge in [0.25, 0.3) is 0 Å². The molecule has 3 aliphatic carbocycles. The minimum Gasteiger partial charge on any atom is -0.508 e. The summed E-state index contributed by atoms with van der Waals surface area (Å²) in [5.41, 5.74) is 0.813. The molecule has 4 rings (SSSR count). The van der Waals surface area contributed by atoms with E-state index < -0.39 is 35.7 Å². The molecule has 0 bridgehead atoms. The van der Waals surface area contributed by atoms with Crippen LogP contribution in [-0.4, -0.2) is 59.1 Å². The molecule has 3 aliphatic rings. The molecule has 0 aromatic heterocycles. The zero-order valence-electron chi connectivity index (χ0n) is 26.0. The summed E-state index contributed by atoms with van der Waals surface area (Å²) in [6.07, 6.45) is 1.95. The Hall–Kier alpha value is -1.48. The molecule has 7 atom stereocenters. The van der Waals surface area contributed by atoms with Gasteiger partial charge in [-0.15, -0.1) is 0 Å². The zero-order valence-corrected chi connectivity index (χ0v) is 26.0. The van der Waals surface area contributed by atoms with Crippen LogP contribution in [0, 0.1) is 23.2 Å². The summed E-state index contributed by atoms with van der Waals surface area (Å²) in [6, 6.07) is 5.41. The summed E-state index contributed by atoms with van der Waals surface area (Å²) in [6.45, 7) is 5.78. The molecular weight excluding hydrogens is 568 g/mol. The predicted octanol–water partition coefficient (Wildman–Crippen LogP) is 9.20. The van der Waals surface area contributed by atoms with E-state index in [1.165, 1.54) is 0 Å². The number of aliphatic hydroxyl groups is 1. The van der Waals surface area contributed by atoms with Crippen molar-refractivity contribution in [2.75, 3.05) is 20.1 Å². The summed E-state index contributed by atoms with van der Waals surface area (Å²) in [5.74, 6) is -3.79. The van der Waals surface area contributed by atoms with E-state index in [2.05, 4.69) is 18.9 Å². The summed E-state index contributed by atoms with van der Waals surface area (Å²) < 4.78 is 78.8. The number of hydrogen-bond donors (Lipinski definition) is 2. The molecule has 43 heavy (non-hydrogen) atoms. The van der Waals surface area contributed by atoms with Gasteiger partial charge in [0.2, 0.25) is 0 Å². The SMILES string of the molecule is CN(CCCCCCCC(F)(F)C(F)(F)F)CCCCCC1Cc2cc(O)ccc2C2C(F)CC3(C)C(CCC3(C)O)C12. The Balaban J connectivity index is 1.21. The maximum Gasteiger partial charge on any atom is 0.453 e. The van der Waals surface area contributed by atoms with E-state index in [9.17, 15) is 32.2 Å². The number of hydrogen-bond acceptors (Lipinski definition) is 3. The first-order valence-corrected chi connectivity index (χ1v) is 16.4. The maximum atomic E-state index is 16.1. The van der Waals surface area contributed by atoms with Crippen LogP contribution in [0.3, 0.4) is 0 Å². The van der Waals surface area contributed by atoms with E-state index >= 15 is 4.39 Å². The van der Waals surface area contributed by atoms with Crippen LogP contribution in [0.1, 0.15) is 114 Å². The second-order valence-corrected chi connectivity index (χ2v) is 14.4. The van der Waals surface area contributed by atoms with Crippen LogP contribution < -0.4 is 0 Å². The molecule has 0 amide bonds. The van der Waals surface area contributed by atoms with Crippen molar-refractivity contribution in [3.8, 4) is 5.75 Å². The van der Waals surface area contributed by atoms with Crippen LogP contribution in [-0.2, 0) is 6.42 Å². The van der Waals surface area contributed by atoms with Crippen molar-refractivity contribution in [1.82, 2.24) is 4.90 Å². The summed E-state index contributed by atoms with van der Waals surface area (Å²) in [4.78, 5) is 2.24. The molecule has 246 valence electrons. The lowest BCUT2D eigenvalue weighted by molar-refractivity contribution is -0.284. The van der Waals surface area contributed by atoms with Gasteiger partial charge in [0.15, 0.2) is 0 Å². The molecule has 0 radical (unpaired) electrons. The Morgan fingerprint density at radius 2 is 1.56 bits per heavy atom. The molecular formula is C34H51F6NO2. The number of halogens is 6. The third-order valence-electron chi connectivity index (χ3n) is 11.5. The Kier molecular flexibility index (Phi) is 10.8. The Morgan fingerprint density at radius 1 is 0.930 bits per heavy atom. The normalized spacial score (nSPS) is 32.5. The van der Waals surface area contributed by atoms with Crippen LogP contribution in [0.25, 0.3) is 0 Å². The number of aromatic hydroxyl groups is 1. The second kappa shape index (κ2) is 13.5. The molecule has 1 aromatic rings. The van der Waals surface area contributed by atoms with E-state index in [-0.39, 0.29) is 29.9 Å². The summed E-state index contributed by atoms with van der Waals surface area (Å²) in [7, 11) is 2.05. The maximum absolute atomic E-state index is 16.1. The molecule has 9 heteroatoms. The molecule has 0 saturated heterocycles. The largest absolute Gasteiger partial charge is 0.508 e. The van der Waals surface area contributed by atoms with Gasteiger partial charge in [-0.2, -0.15) is 22.0 Å². The third-order valence-corrected chi connectivity index (χ3v) is 11.5. The molecule has 7 unspecified atom stereocenters. The number of phenols is 1. The molecule has 0 heterocycles. The minimum atomic E-state index is -5.46. The standard InChI is InChI=1S/C34H51F6NO2/c1-31-22-28(35)30-26-14-13-25(42)21-24(26)20-23(29(30)27(31)15-17-32(31,2)43)12-8-7-11-19-41(3)18-10-6-4-5-9-16-33(36,37)34(38,39)40/h13-14,21,23,27-30,42-43H,4-12,15-20,22H2,1-3H3. The lowest BCUT2D eigenvalue weighted by atomic mass is 9.50. The van der Waals surface area contributed by atoms with E-state index in [1.807, 2.05) is 19.1 Å². The minimum absolute atomic E-state index is 0.122. The van der Waals surface area contributed by atoms with Crippen molar-refractivity contribution in [2.24, 2.45) is 23.2 Å². The number of unbranched alkanes of at least 4 members (excludes halogenated alkanes) is 6. The number of benzene rings is 1. The van der Waals surface area contributed by atoms with Gasteiger partial charge in [0.1, 0.15) is 11.9 Å². The van der Waals surface area contributed by atoms with E-state index in [1.54, 1.807) is 6.07 Å². The van der Waals surface area contributed by atoms with Gasteiger partial charge in [0, 0.05) is 17.8 Å². The van der Waals surface area contributed by atoms with Crippen molar-refractivity contribution in [2.45, 2.75) is 134 Å². The van der Waals surface area contributed by atoms with E-state index in [0.717, 1.165) is 75.6 Å². The van der Waals surface area contributed by atoms with Crippen molar-refractivity contribution in [3.05, 3.63) is 29.3 Å². The molecule has 0 spiro atoms. The van der Waals surface area contributed by atoms with E-state index in [0.29, 0.717) is 31.6 Å². The smallest absolute Gasteiger partial charge is 0.453 e. The van der Waals surface area contributed by atoms with Gasteiger partial charge in [-0.1, -0.05) is 45.1 Å². The Labute approximate surface area is 253 Å². The fourth-order valence-corrected chi connectivity index (χ4v) is 8.76. The molecule has 2 fully saturated rings. The van der Waals surface area contributed by atoms with Crippen molar-refractivity contribution in [1.29, 1.82) is 0 Å². The van der Waals surface area contributed by atoms with Crippen LogP contribution in [0.4, 0.5) is 26.3 Å². The van der Waals surface area contributed by atoms with Crippen molar-refractivity contribution >= 4 is 0 Å². The first-order valence-electron chi connectivity index (χ1n) is 16.4. The zero-order chi connectivity index (χ0) is 31.6. The molecule has 1 aromatic carbocycles. The number of nitrogens with zero attached hydrogens (tertiary/aromatic N) is 1. The quantitative estimate of drug-likeness (QED) is 0.161. The van der Waals surface area contributed by atoms with Crippen molar-refractivity contribution < 1.29 is 36.6 Å². The van der Waals surface area contributed by atoms with Gasteiger partial charge in [-0.25, -0.2) is 4.39 Å². The average Bonchev–Trinajstić information content (AvgIpc) is 3.14. The predicted molar refractivity (Wildman–Crippen MR) is 157 cm³/mol. The molecule has 0 aliphatic heterocycles. The van der Waals surface area contributed by atoms with Crippen molar-refractivity contribution in [3.63, 3.8) is 0 Å². The monoisotopic (exact) mass is 619 g/mol. The topological polar surface area (TPSA) is 43.7 Å². The number of rotatable bonds is 14. The summed E-state index contributed by atoms with van der Waals surface area (Å²) >= 11 is 0. The van der Waals surface area contributed by atoms with Gasteiger partial charge in [-0.05, 0) is 119 Å². The van der Waals surface area contributed by atoms with Gasteiger partial charge < -0.3 is 15.1 Å². The van der Waals surface area contributed by atoms with Gasteiger partial charge >= 0.3 is 12.1 Å². The van der Waals surface area contributed by atoms with E-state index in [4.69, 9.17) is 0 Å². The highest BCUT2D eigenvalue weighted by Crippen LogP contribution is 2.66. The van der Waals surface area contributed by atoms with Crippen LogP contribution >= 0.6 is 0 Å². The third kappa shape index (κ3) is 7.50.